The van der Waals surface area contributed by atoms with Gasteiger partial charge in [0, 0.05) is 29.6 Å². The van der Waals surface area contributed by atoms with Crippen LogP contribution in [0.1, 0.15) is 46.5 Å². The maximum absolute atomic E-state index is 12.9. The van der Waals surface area contributed by atoms with Crippen molar-refractivity contribution >= 4 is 35.0 Å². The highest BCUT2D eigenvalue weighted by Crippen LogP contribution is 2.60. The summed E-state index contributed by atoms with van der Waals surface area (Å²) in [5.41, 5.74) is -0.157. The molecule has 0 spiro atoms. The van der Waals surface area contributed by atoms with Crippen LogP contribution in [0.2, 0.25) is 5.02 Å². The van der Waals surface area contributed by atoms with E-state index in [1.54, 1.807) is 24.3 Å². The van der Waals surface area contributed by atoms with Crippen LogP contribution < -0.4 is 5.32 Å². The topological polar surface area (TPSA) is 66.5 Å². The normalized spacial score (nSPS) is 26.9. The van der Waals surface area contributed by atoms with Gasteiger partial charge in [0.1, 0.15) is 0 Å². The third kappa shape index (κ3) is 3.02. The molecule has 2 aliphatic rings. The van der Waals surface area contributed by atoms with E-state index in [0.717, 1.165) is 12.8 Å². The van der Waals surface area contributed by atoms with Crippen LogP contribution in [0.4, 0.5) is 5.69 Å². The van der Waals surface area contributed by atoms with Crippen molar-refractivity contribution in [3.8, 4) is 0 Å². The minimum Gasteiger partial charge on any atom is -0.326 e. The molecular weight excluding hydrogens is 352 g/mol. The molecule has 1 aliphatic heterocycles. The molecule has 1 heterocycles. The fourth-order valence-electron chi connectivity index (χ4n) is 4.30. The highest BCUT2D eigenvalue weighted by molar-refractivity contribution is 6.30. The Bertz CT molecular complexity index is 761. The fourth-order valence-corrected chi connectivity index (χ4v) is 4.49. The van der Waals surface area contributed by atoms with E-state index < -0.39 is 5.41 Å². The fraction of sp³-hybridized carbons (Fsp3) is 0.550. The zero-order valence-electron chi connectivity index (χ0n) is 15.5. The summed E-state index contributed by atoms with van der Waals surface area (Å²) >= 11 is 5.90. The van der Waals surface area contributed by atoms with Crippen molar-refractivity contribution in [3.05, 3.63) is 29.3 Å². The average Bonchev–Trinajstić information content (AvgIpc) is 2.75. The summed E-state index contributed by atoms with van der Waals surface area (Å²) in [5.74, 6) is -0.425. The molecule has 2 bridgehead atoms. The molecule has 1 saturated heterocycles. The minimum atomic E-state index is -0.491. The summed E-state index contributed by atoms with van der Waals surface area (Å²) in [6.45, 7) is 6.32. The number of piperidine rings is 1. The molecule has 2 unspecified atom stereocenters. The lowest BCUT2D eigenvalue weighted by Gasteiger charge is -2.47. The zero-order valence-corrected chi connectivity index (χ0v) is 16.2. The Hall–Kier alpha value is -1.88. The number of nitrogens with zero attached hydrogens (tertiary/aromatic N) is 1. The predicted molar refractivity (Wildman–Crippen MR) is 101 cm³/mol. The first-order valence-electron chi connectivity index (χ1n) is 9.08. The number of benzene rings is 1. The molecule has 1 saturated carbocycles. The molecule has 0 aromatic heterocycles. The first kappa shape index (κ1) is 18.9. The van der Waals surface area contributed by atoms with Crippen molar-refractivity contribution < 1.29 is 14.4 Å². The van der Waals surface area contributed by atoms with Crippen molar-refractivity contribution in [3.63, 3.8) is 0 Å². The Morgan fingerprint density at radius 3 is 2.73 bits per heavy atom. The van der Waals surface area contributed by atoms with Gasteiger partial charge in [0.2, 0.25) is 17.7 Å². The van der Waals surface area contributed by atoms with Crippen molar-refractivity contribution in [2.75, 3.05) is 11.9 Å². The molecule has 0 radical (unpaired) electrons. The first-order valence-corrected chi connectivity index (χ1v) is 9.46. The van der Waals surface area contributed by atoms with Gasteiger partial charge in [0.15, 0.2) is 0 Å². The quantitative estimate of drug-likeness (QED) is 0.793. The Labute approximate surface area is 159 Å². The van der Waals surface area contributed by atoms with E-state index >= 15 is 0 Å². The van der Waals surface area contributed by atoms with E-state index in [1.807, 2.05) is 20.8 Å². The number of carbonyl (C=O) groups excluding carboxylic acids is 3. The molecule has 1 aromatic carbocycles. The standard InChI is InChI=1S/C20H25ClN2O3/c1-19(2)15-9-10-20(19,3)18(26)23(17(15)25)11-5-8-16(24)22-14-7-4-6-13(21)12-14/h4,6-7,12,15H,5,8-11H2,1-3H3,(H,22,24). The third-order valence-corrected chi connectivity index (χ3v) is 6.64. The predicted octanol–water partition coefficient (Wildman–Crippen LogP) is 3.87. The molecule has 26 heavy (non-hydrogen) atoms. The SMILES string of the molecule is CC12CCC(C(=O)N(CCCC(=O)Nc3cccc(Cl)c3)C1=O)C2(C)C. The van der Waals surface area contributed by atoms with Crippen molar-refractivity contribution in [2.24, 2.45) is 16.7 Å². The number of halogens is 1. The summed E-state index contributed by atoms with van der Waals surface area (Å²) in [5, 5.41) is 3.34. The number of nitrogens with one attached hydrogen (secondary N) is 1. The Morgan fingerprint density at radius 2 is 2.04 bits per heavy atom. The molecule has 2 atom stereocenters. The number of hydrogen-bond acceptors (Lipinski definition) is 3. The lowest BCUT2D eigenvalue weighted by atomic mass is 9.62. The van der Waals surface area contributed by atoms with Crippen molar-refractivity contribution in [2.45, 2.75) is 46.5 Å². The van der Waals surface area contributed by atoms with Crippen LogP contribution in [0.25, 0.3) is 0 Å². The molecular formula is C20H25ClN2O3. The summed E-state index contributed by atoms with van der Waals surface area (Å²) in [4.78, 5) is 39.1. The molecule has 3 rings (SSSR count). The summed E-state index contributed by atoms with van der Waals surface area (Å²) in [7, 11) is 0. The van der Waals surface area contributed by atoms with Crippen LogP contribution in [0.3, 0.4) is 0 Å². The van der Waals surface area contributed by atoms with E-state index in [1.165, 1.54) is 4.90 Å². The maximum Gasteiger partial charge on any atom is 0.235 e. The van der Waals surface area contributed by atoms with Gasteiger partial charge in [-0.25, -0.2) is 0 Å². The highest BCUT2D eigenvalue weighted by Gasteiger charge is 2.64. The molecule has 6 heteroatoms. The van der Waals surface area contributed by atoms with Gasteiger partial charge in [-0.3, -0.25) is 19.3 Å². The summed E-state index contributed by atoms with van der Waals surface area (Å²) in [6, 6.07) is 6.95. The van der Waals surface area contributed by atoms with Crippen LogP contribution in [0.15, 0.2) is 24.3 Å². The van der Waals surface area contributed by atoms with Gasteiger partial charge in [-0.2, -0.15) is 0 Å². The molecule has 1 aromatic rings. The van der Waals surface area contributed by atoms with E-state index in [4.69, 9.17) is 11.6 Å². The van der Waals surface area contributed by atoms with Gasteiger partial charge in [0.25, 0.3) is 0 Å². The molecule has 3 amide bonds. The summed E-state index contributed by atoms with van der Waals surface area (Å²) in [6.07, 6.45) is 2.21. The van der Waals surface area contributed by atoms with E-state index in [-0.39, 0.29) is 35.5 Å². The van der Waals surface area contributed by atoms with Gasteiger partial charge in [-0.1, -0.05) is 38.4 Å². The van der Waals surface area contributed by atoms with Gasteiger partial charge in [-0.05, 0) is 42.9 Å². The van der Waals surface area contributed by atoms with Crippen LogP contribution in [0.5, 0.6) is 0 Å². The molecule has 2 fully saturated rings. The largest absolute Gasteiger partial charge is 0.326 e. The molecule has 5 nitrogen and oxygen atoms in total. The smallest absolute Gasteiger partial charge is 0.235 e. The molecule has 1 N–H and O–H groups in total. The Kier molecular flexibility index (Phi) is 4.86. The first-order chi connectivity index (χ1) is 12.2. The second-order valence-electron chi connectivity index (χ2n) is 8.10. The van der Waals surface area contributed by atoms with Gasteiger partial charge < -0.3 is 5.32 Å². The van der Waals surface area contributed by atoms with Crippen LogP contribution in [0, 0.1) is 16.7 Å². The number of anilines is 1. The number of fused-ring (bicyclic) bond motifs is 2. The maximum atomic E-state index is 12.9. The second kappa shape index (κ2) is 6.69. The molecule has 140 valence electrons. The monoisotopic (exact) mass is 376 g/mol. The van der Waals surface area contributed by atoms with E-state index in [9.17, 15) is 14.4 Å². The Balaban J connectivity index is 1.58. The van der Waals surface area contributed by atoms with Crippen molar-refractivity contribution in [1.29, 1.82) is 0 Å². The van der Waals surface area contributed by atoms with Crippen molar-refractivity contribution in [1.82, 2.24) is 4.90 Å². The van der Waals surface area contributed by atoms with E-state index in [0.29, 0.717) is 23.7 Å². The number of rotatable bonds is 5. The van der Waals surface area contributed by atoms with Crippen LogP contribution >= 0.6 is 11.6 Å². The number of likely N-dealkylation sites (tertiary alicyclic amines) is 1. The molecule has 1 aliphatic carbocycles. The van der Waals surface area contributed by atoms with Crippen LogP contribution in [-0.4, -0.2) is 29.2 Å². The minimum absolute atomic E-state index is 0.0785. The Morgan fingerprint density at radius 1 is 1.31 bits per heavy atom. The van der Waals surface area contributed by atoms with Gasteiger partial charge in [-0.15, -0.1) is 0 Å². The number of hydrogen-bond donors (Lipinski definition) is 1. The summed E-state index contributed by atoms with van der Waals surface area (Å²) < 4.78 is 0. The van der Waals surface area contributed by atoms with Gasteiger partial charge in [0.05, 0.1) is 5.41 Å². The highest BCUT2D eigenvalue weighted by atomic mass is 35.5. The average molecular weight is 377 g/mol. The number of carbonyl (C=O) groups is 3. The number of imide groups is 1. The number of amides is 3. The lowest BCUT2D eigenvalue weighted by molar-refractivity contribution is -0.168. The lowest BCUT2D eigenvalue weighted by Crippen LogP contribution is -2.59. The second-order valence-corrected chi connectivity index (χ2v) is 8.54. The zero-order chi connectivity index (χ0) is 19.1. The third-order valence-electron chi connectivity index (χ3n) is 6.40. The van der Waals surface area contributed by atoms with Crippen LogP contribution in [-0.2, 0) is 14.4 Å². The van der Waals surface area contributed by atoms with E-state index in [2.05, 4.69) is 5.32 Å². The van der Waals surface area contributed by atoms with Gasteiger partial charge >= 0.3 is 0 Å².